The van der Waals surface area contributed by atoms with Gasteiger partial charge in [0.25, 0.3) is 0 Å². The third kappa shape index (κ3) is 5.03. The molecule has 1 rings (SSSR count). The molecule has 0 unspecified atom stereocenters. The Balaban J connectivity index is 0.000000583. The Morgan fingerprint density at radius 2 is 2.13 bits per heavy atom. The number of aliphatic hydroxyl groups excluding tert-OH is 1. The van der Waals surface area contributed by atoms with Crippen LogP contribution in [0.5, 0.6) is 0 Å². The average Bonchev–Trinajstić information content (AvgIpc) is 2.15. The van der Waals surface area contributed by atoms with Crippen molar-refractivity contribution in [3.05, 3.63) is 0 Å². The molecule has 3 atom stereocenters. The molecule has 1 fully saturated rings. The van der Waals surface area contributed by atoms with Crippen LogP contribution in [-0.4, -0.2) is 36.9 Å². The topological polar surface area (TPSA) is 86.6 Å². The predicted octanol–water partition coefficient (Wildman–Crippen LogP) is -0.0284. The molecular weight excluding hydrogens is 242 g/mol. The fourth-order valence-corrected chi connectivity index (χ4v) is 1.93. The highest BCUT2D eigenvalue weighted by Gasteiger charge is 2.39. The predicted molar refractivity (Wildman–Crippen MR) is 56.7 cm³/mol. The summed E-state index contributed by atoms with van der Waals surface area (Å²) < 4.78 is 16.6. The van der Waals surface area contributed by atoms with E-state index in [1.807, 2.05) is 0 Å². The molecule has 90 valence electrons. The third-order valence-electron chi connectivity index (χ3n) is 2.69. The molecule has 3 N–H and O–H groups in total. The van der Waals surface area contributed by atoms with Crippen molar-refractivity contribution in [2.45, 2.75) is 37.9 Å². The van der Waals surface area contributed by atoms with Gasteiger partial charge in [-0.2, -0.15) is 8.42 Å². The number of halogens is 1. The summed E-state index contributed by atoms with van der Waals surface area (Å²) in [6.07, 6.45) is 1.59. The van der Waals surface area contributed by atoms with Crippen molar-refractivity contribution < 1.29 is 18.6 Å². The van der Waals surface area contributed by atoms with Crippen molar-refractivity contribution >= 4 is 23.3 Å². The quantitative estimate of drug-likeness (QED) is 0.605. The van der Waals surface area contributed by atoms with E-state index in [0.29, 0.717) is 18.8 Å². The van der Waals surface area contributed by atoms with Crippen LogP contribution in [0.15, 0.2) is 0 Å². The van der Waals surface area contributed by atoms with Gasteiger partial charge in [0.2, 0.25) is 0 Å². The smallest absolute Gasteiger partial charge is 0.335 e. The summed E-state index contributed by atoms with van der Waals surface area (Å²) in [6, 6.07) is 0. The Kier molecular flexibility index (Phi) is 7.29. The van der Waals surface area contributed by atoms with E-state index in [4.69, 9.17) is 20.2 Å². The molecule has 15 heavy (non-hydrogen) atoms. The molecule has 7 heteroatoms. The van der Waals surface area contributed by atoms with Crippen molar-refractivity contribution in [2.75, 3.05) is 6.54 Å². The third-order valence-corrected chi connectivity index (χ3v) is 2.82. The average molecular weight is 258 g/mol. The van der Waals surface area contributed by atoms with Gasteiger partial charge in [-0.25, -0.2) is 4.84 Å². The molecule has 0 aromatic carbocycles. The van der Waals surface area contributed by atoms with E-state index in [1.54, 1.807) is 0 Å². The standard InChI is InChI=1S/C8H16ClNO2.O2S/c1-6-2-3-8(12,5-10-9)7(11)4-6;1-3-2/h6-7,10-12H,2-5H2,1H3;/t6-,7+,8+;/m0./s1. The van der Waals surface area contributed by atoms with Crippen molar-refractivity contribution in [3.63, 3.8) is 0 Å². The highest BCUT2D eigenvalue weighted by molar-refractivity contribution is 7.51. The molecule has 0 amide bonds. The van der Waals surface area contributed by atoms with Gasteiger partial charge in [0.1, 0.15) is 5.60 Å². The lowest BCUT2D eigenvalue weighted by Crippen LogP contribution is -2.51. The van der Waals surface area contributed by atoms with Crippen molar-refractivity contribution in [2.24, 2.45) is 5.92 Å². The molecule has 0 aromatic heterocycles. The first kappa shape index (κ1) is 15.0. The van der Waals surface area contributed by atoms with Crippen molar-refractivity contribution in [1.82, 2.24) is 4.84 Å². The van der Waals surface area contributed by atoms with Crippen LogP contribution in [0.2, 0.25) is 0 Å². The first-order valence-electron chi connectivity index (χ1n) is 4.66. The van der Waals surface area contributed by atoms with Gasteiger partial charge in [-0.3, -0.25) is 0 Å². The fourth-order valence-electron chi connectivity index (χ4n) is 1.70. The van der Waals surface area contributed by atoms with Crippen LogP contribution in [0.3, 0.4) is 0 Å². The minimum absolute atomic E-state index is 0.252. The second-order valence-corrected chi connectivity index (χ2v) is 4.28. The lowest BCUT2D eigenvalue weighted by atomic mass is 9.77. The summed E-state index contributed by atoms with van der Waals surface area (Å²) in [5.41, 5.74) is -1.02. The van der Waals surface area contributed by atoms with Gasteiger partial charge in [-0.1, -0.05) is 6.92 Å². The second kappa shape index (κ2) is 7.29. The highest BCUT2D eigenvalue weighted by Crippen LogP contribution is 2.31. The van der Waals surface area contributed by atoms with Crippen LogP contribution < -0.4 is 4.84 Å². The van der Waals surface area contributed by atoms with E-state index in [1.165, 1.54) is 0 Å². The molecule has 0 heterocycles. The largest absolute Gasteiger partial charge is 0.390 e. The monoisotopic (exact) mass is 257 g/mol. The molecule has 1 aliphatic carbocycles. The maximum atomic E-state index is 9.86. The highest BCUT2D eigenvalue weighted by atomic mass is 35.5. The lowest BCUT2D eigenvalue weighted by Gasteiger charge is -2.38. The van der Waals surface area contributed by atoms with Crippen LogP contribution in [0.25, 0.3) is 0 Å². The number of hydrogen-bond acceptors (Lipinski definition) is 5. The van der Waals surface area contributed by atoms with Gasteiger partial charge >= 0.3 is 11.6 Å². The van der Waals surface area contributed by atoms with Gasteiger partial charge in [0, 0.05) is 6.54 Å². The summed E-state index contributed by atoms with van der Waals surface area (Å²) >= 11 is 4.56. The van der Waals surface area contributed by atoms with Crippen LogP contribution in [0.4, 0.5) is 0 Å². The fraction of sp³-hybridized carbons (Fsp3) is 1.00. The first-order valence-corrected chi connectivity index (χ1v) is 5.70. The molecule has 0 radical (unpaired) electrons. The zero-order valence-corrected chi connectivity index (χ0v) is 10.1. The number of nitrogens with one attached hydrogen (secondary N) is 1. The summed E-state index contributed by atoms with van der Waals surface area (Å²) in [4.78, 5) is 2.39. The van der Waals surface area contributed by atoms with Gasteiger partial charge in [0.15, 0.2) is 0 Å². The minimum Gasteiger partial charge on any atom is -0.390 e. The van der Waals surface area contributed by atoms with E-state index < -0.39 is 23.3 Å². The van der Waals surface area contributed by atoms with E-state index in [0.717, 1.165) is 6.42 Å². The molecule has 1 saturated carbocycles. The molecular formula is C8H16ClNO4S. The molecule has 0 bridgehead atoms. The molecule has 0 spiro atoms. The molecule has 0 aliphatic heterocycles. The summed E-state index contributed by atoms with van der Waals surface area (Å²) in [5, 5.41) is 19.4. The van der Waals surface area contributed by atoms with E-state index in [2.05, 4.69) is 11.8 Å². The van der Waals surface area contributed by atoms with Gasteiger partial charge in [-0.05, 0) is 37.0 Å². The van der Waals surface area contributed by atoms with Crippen LogP contribution >= 0.6 is 11.8 Å². The molecule has 1 aliphatic rings. The van der Waals surface area contributed by atoms with Gasteiger partial charge < -0.3 is 10.2 Å². The zero-order valence-electron chi connectivity index (χ0n) is 8.48. The number of aliphatic hydroxyl groups is 2. The van der Waals surface area contributed by atoms with Gasteiger partial charge in [-0.15, -0.1) is 0 Å². The Bertz CT molecular complexity index is 225. The lowest BCUT2D eigenvalue weighted by molar-refractivity contribution is -0.105. The maximum Gasteiger partial charge on any atom is 0.335 e. The van der Waals surface area contributed by atoms with E-state index in [-0.39, 0.29) is 6.54 Å². The van der Waals surface area contributed by atoms with Crippen molar-refractivity contribution in [3.8, 4) is 0 Å². The Morgan fingerprint density at radius 1 is 1.60 bits per heavy atom. The summed E-state index contributed by atoms with van der Waals surface area (Å²) in [7, 11) is 0. The molecule has 0 saturated heterocycles. The second-order valence-electron chi connectivity index (χ2n) is 3.88. The summed E-state index contributed by atoms with van der Waals surface area (Å²) in [6.45, 7) is 2.33. The van der Waals surface area contributed by atoms with Crippen LogP contribution in [-0.2, 0) is 11.6 Å². The summed E-state index contributed by atoms with van der Waals surface area (Å²) in [5.74, 6) is 0.496. The number of hydrogen-bond donors (Lipinski definition) is 3. The Labute approximate surface area is 97.5 Å². The maximum absolute atomic E-state index is 9.86. The van der Waals surface area contributed by atoms with Crippen LogP contribution in [0.1, 0.15) is 26.2 Å². The van der Waals surface area contributed by atoms with Gasteiger partial charge in [0.05, 0.1) is 6.10 Å². The minimum atomic E-state index is -1.02. The molecule has 5 nitrogen and oxygen atoms in total. The van der Waals surface area contributed by atoms with Crippen LogP contribution in [0, 0.1) is 5.92 Å². The van der Waals surface area contributed by atoms with E-state index >= 15 is 0 Å². The number of rotatable bonds is 2. The normalized spacial score (nSPS) is 35.2. The van der Waals surface area contributed by atoms with Crippen molar-refractivity contribution in [1.29, 1.82) is 0 Å². The molecule has 0 aromatic rings. The zero-order chi connectivity index (χ0) is 11.9. The first-order chi connectivity index (χ1) is 7.00. The van der Waals surface area contributed by atoms with E-state index in [9.17, 15) is 10.2 Å². The Hall–Kier alpha value is -0.0100. The SMILES string of the molecule is C[C@H]1CC[C@@](O)(CNCl)[C@H](O)C1.O=S=O. The Morgan fingerprint density at radius 3 is 2.53 bits per heavy atom.